The summed E-state index contributed by atoms with van der Waals surface area (Å²) in [7, 11) is -1.66. The van der Waals surface area contributed by atoms with Gasteiger partial charge in [0.25, 0.3) is 0 Å². The number of amides is 3. The van der Waals surface area contributed by atoms with Crippen LogP contribution in [-0.4, -0.2) is 103 Å². The lowest BCUT2D eigenvalue weighted by atomic mass is 9.68. The number of hydrogen-bond donors (Lipinski definition) is 0. The van der Waals surface area contributed by atoms with Crippen molar-refractivity contribution in [2.75, 3.05) is 26.4 Å². The van der Waals surface area contributed by atoms with E-state index in [-0.39, 0.29) is 56.8 Å². The van der Waals surface area contributed by atoms with Gasteiger partial charge in [0.05, 0.1) is 19.8 Å². The van der Waals surface area contributed by atoms with E-state index < -0.39 is 66.5 Å². The van der Waals surface area contributed by atoms with Gasteiger partial charge in [-0.15, -0.1) is 6.58 Å². The average molecular weight is 830 g/mol. The smallest absolute Gasteiger partial charge is 0.417 e. The molecule has 1 unspecified atom stereocenters. The molecule has 4 rings (SSSR count). The van der Waals surface area contributed by atoms with Gasteiger partial charge < -0.3 is 28.6 Å². The Balaban J connectivity index is 1.77. The Kier molecular flexibility index (Phi) is 15.4. The van der Waals surface area contributed by atoms with Gasteiger partial charge >= 0.3 is 18.2 Å². The van der Waals surface area contributed by atoms with E-state index in [0.717, 1.165) is 23.3 Å². The van der Waals surface area contributed by atoms with E-state index in [1.54, 1.807) is 31.7 Å². The summed E-state index contributed by atoms with van der Waals surface area (Å²) in [5.74, 6) is -2.55. The van der Waals surface area contributed by atoms with E-state index in [0.29, 0.717) is 44.4 Å². The SMILES string of the molecule is C=CC[C@@H]1C[C@H](C)C[C@@H](C[C@H](CCC2(C(=O)OCC[Si](C)(C)C)C(=O)N(C(=O)OC(C)(C)C)C[C@H]2CC2=CC[C@@H](C)CC23OCCO3)N=[N+]=[N-])N1C(=O)OC(C)(C)C. The van der Waals surface area contributed by atoms with Gasteiger partial charge in [-0.25, -0.2) is 14.5 Å². The van der Waals surface area contributed by atoms with Crippen molar-refractivity contribution in [3.63, 3.8) is 0 Å². The quantitative estimate of drug-likeness (QED) is 0.0242. The molecule has 3 heterocycles. The standard InChI is InChI=1S/C43H71N5O9Si/c1-13-14-34-23-30(3)24-35(48(34)39(52)57-41(7,8)9)26-33(45-46-44)17-18-42(37(50)53-21-22-58(10,11)12)32(28-47(36(42)49)38(51)56-40(4,5)6)25-31-16-15-29(2)27-43(31)54-19-20-55-43/h13,16,29-30,32-35H,1,14-15,17-28H2,2-12H3/t29-,30+,32-,33+,34-,35+,42?/m1/s1. The maximum Gasteiger partial charge on any atom is 0.417 e. The van der Waals surface area contributed by atoms with Crippen molar-refractivity contribution in [3.05, 3.63) is 34.7 Å². The first-order chi connectivity index (χ1) is 26.9. The fraction of sp³-hybridized carbons (Fsp3) is 0.814. The lowest BCUT2D eigenvalue weighted by Crippen LogP contribution is -2.54. The molecule has 15 heteroatoms. The molecule has 0 aromatic heterocycles. The third-order valence-electron chi connectivity index (χ3n) is 11.7. The van der Waals surface area contributed by atoms with Crippen LogP contribution < -0.4 is 0 Å². The number of carbonyl (C=O) groups is 4. The lowest BCUT2D eigenvalue weighted by Gasteiger charge is -2.45. The molecular formula is C43H71N5O9Si. The number of rotatable bonds is 14. The zero-order valence-electron chi connectivity index (χ0n) is 37.1. The number of azide groups is 1. The summed E-state index contributed by atoms with van der Waals surface area (Å²) in [5, 5.41) is 4.23. The summed E-state index contributed by atoms with van der Waals surface area (Å²) in [4.78, 5) is 63.6. The molecule has 0 radical (unpaired) electrons. The first-order valence-corrected chi connectivity index (χ1v) is 25.0. The van der Waals surface area contributed by atoms with Gasteiger partial charge in [-0.05, 0) is 122 Å². The van der Waals surface area contributed by atoms with Gasteiger partial charge in [-0.1, -0.05) is 50.8 Å². The van der Waals surface area contributed by atoms with Gasteiger partial charge in [0.15, 0.2) is 11.2 Å². The van der Waals surface area contributed by atoms with Crippen molar-refractivity contribution in [2.45, 2.75) is 174 Å². The second kappa shape index (κ2) is 18.9. The van der Waals surface area contributed by atoms with Crippen LogP contribution in [0.4, 0.5) is 9.59 Å². The Hall–Kier alpha value is -3.39. The number of esters is 1. The lowest BCUT2D eigenvalue weighted by molar-refractivity contribution is -0.165. The van der Waals surface area contributed by atoms with Crippen LogP contribution in [0.1, 0.15) is 113 Å². The molecule has 0 N–H and O–H groups in total. The van der Waals surface area contributed by atoms with Crippen LogP contribution in [0.2, 0.25) is 25.7 Å². The molecule has 3 amide bonds. The van der Waals surface area contributed by atoms with Gasteiger partial charge in [-0.2, -0.15) is 0 Å². The summed E-state index contributed by atoms with van der Waals surface area (Å²) in [6, 6.07) is -0.543. The molecule has 3 saturated heterocycles. The van der Waals surface area contributed by atoms with Crippen LogP contribution in [0.5, 0.6) is 0 Å². The molecule has 3 fully saturated rings. The van der Waals surface area contributed by atoms with Crippen LogP contribution >= 0.6 is 0 Å². The summed E-state index contributed by atoms with van der Waals surface area (Å²) >= 11 is 0. The first kappa shape index (κ1) is 47.3. The van der Waals surface area contributed by atoms with Crippen molar-refractivity contribution < 1.29 is 42.9 Å². The molecule has 1 spiro atoms. The molecular weight excluding hydrogens is 759 g/mol. The Morgan fingerprint density at radius 3 is 2.24 bits per heavy atom. The number of piperidine rings is 1. The fourth-order valence-electron chi connectivity index (χ4n) is 9.05. The largest absolute Gasteiger partial charge is 0.465 e. The summed E-state index contributed by atoms with van der Waals surface area (Å²) in [5.41, 5.74) is 7.29. The third-order valence-corrected chi connectivity index (χ3v) is 13.4. The van der Waals surface area contributed by atoms with Crippen LogP contribution in [0.3, 0.4) is 0 Å². The molecule has 0 aromatic carbocycles. The van der Waals surface area contributed by atoms with Gasteiger partial charge in [0, 0.05) is 50.0 Å². The number of ether oxygens (including phenoxy) is 5. The molecule has 4 aliphatic rings. The zero-order valence-corrected chi connectivity index (χ0v) is 38.1. The number of hydrogen-bond acceptors (Lipinski definition) is 10. The van der Waals surface area contributed by atoms with Crippen LogP contribution in [0, 0.1) is 23.2 Å². The number of imide groups is 1. The topological polar surface area (TPSA) is 170 Å². The molecule has 326 valence electrons. The number of allylic oxidation sites excluding steroid dienone is 1. The van der Waals surface area contributed by atoms with Crippen molar-refractivity contribution in [3.8, 4) is 0 Å². The maximum absolute atomic E-state index is 15.0. The van der Waals surface area contributed by atoms with Crippen LogP contribution in [0.15, 0.2) is 29.4 Å². The van der Waals surface area contributed by atoms with E-state index in [1.165, 1.54) is 0 Å². The minimum absolute atomic E-state index is 0.0611. The highest BCUT2D eigenvalue weighted by atomic mass is 28.3. The monoisotopic (exact) mass is 830 g/mol. The molecule has 58 heavy (non-hydrogen) atoms. The summed E-state index contributed by atoms with van der Waals surface area (Å²) < 4.78 is 30.3. The highest BCUT2D eigenvalue weighted by molar-refractivity contribution is 6.76. The summed E-state index contributed by atoms with van der Waals surface area (Å²) in [6.07, 6.45) is 6.57. The predicted octanol–water partition coefficient (Wildman–Crippen LogP) is 9.57. The predicted molar refractivity (Wildman–Crippen MR) is 224 cm³/mol. The Bertz CT molecular complexity index is 1590. The van der Waals surface area contributed by atoms with Crippen molar-refractivity contribution in [2.24, 2.45) is 28.3 Å². The molecule has 0 saturated carbocycles. The molecule has 1 aliphatic carbocycles. The van der Waals surface area contributed by atoms with Gasteiger partial charge in [-0.3, -0.25) is 9.59 Å². The maximum atomic E-state index is 15.0. The normalized spacial score (nSPS) is 28.1. The minimum Gasteiger partial charge on any atom is -0.465 e. The highest BCUT2D eigenvalue weighted by Gasteiger charge is 2.63. The van der Waals surface area contributed by atoms with Crippen molar-refractivity contribution in [1.29, 1.82) is 0 Å². The fourth-order valence-corrected chi connectivity index (χ4v) is 9.76. The summed E-state index contributed by atoms with van der Waals surface area (Å²) in [6.45, 7) is 26.3. The highest BCUT2D eigenvalue weighted by Crippen LogP contribution is 2.51. The van der Waals surface area contributed by atoms with E-state index in [2.05, 4.69) is 56.2 Å². The number of carbonyl (C=O) groups excluding carboxylic acids is 4. The van der Waals surface area contributed by atoms with Gasteiger partial charge in [0.2, 0.25) is 5.91 Å². The molecule has 0 bridgehead atoms. The Morgan fingerprint density at radius 2 is 1.66 bits per heavy atom. The van der Waals surface area contributed by atoms with Crippen molar-refractivity contribution >= 4 is 32.1 Å². The Morgan fingerprint density at radius 1 is 1.03 bits per heavy atom. The van der Waals surface area contributed by atoms with Crippen LogP contribution in [0.25, 0.3) is 10.4 Å². The van der Waals surface area contributed by atoms with Crippen molar-refractivity contribution in [1.82, 2.24) is 9.80 Å². The van der Waals surface area contributed by atoms with E-state index >= 15 is 4.79 Å². The molecule has 0 aromatic rings. The number of nitrogens with zero attached hydrogens (tertiary/aromatic N) is 5. The Labute approximate surface area is 347 Å². The average Bonchev–Trinajstić information content (AvgIpc) is 3.65. The van der Waals surface area contributed by atoms with E-state index in [4.69, 9.17) is 23.7 Å². The minimum atomic E-state index is -1.82. The number of likely N-dealkylation sites (tertiary alicyclic amines) is 2. The van der Waals surface area contributed by atoms with E-state index in [1.807, 2.05) is 20.8 Å². The van der Waals surface area contributed by atoms with E-state index in [9.17, 15) is 19.9 Å². The zero-order chi connectivity index (χ0) is 43.3. The van der Waals surface area contributed by atoms with Gasteiger partial charge in [0.1, 0.15) is 11.2 Å². The molecule has 7 atom stereocenters. The second-order valence-corrected chi connectivity index (χ2v) is 26.0. The third kappa shape index (κ3) is 11.9. The molecule has 14 nitrogen and oxygen atoms in total. The molecule has 3 aliphatic heterocycles. The first-order valence-electron chi connectivity index (χ1n) is 21.3. The van der Waals surface area contributed by atoms with Crippen LogP contribution in [-0.2, 0) is 33.3 Å². The second-order valence-electron chi connectivity index (χ2n) is 20.4.